The van der Waals surface area contributed by atoms with Crippen LogP contribution in [0.3, 0.4) is 0 Å². The number of carboxylic acids is 2. The summed E-state index contributed by atoms with van der Waals surface area (Å²) in [4.78, 5) is 33.9. The highest BCUT2D eigenvalue weighted by molar-refractivity contribution is 5.89. The summed E-state index contributed by atoms with van der Waals surface area (Å²) >= 11 is 0. The lowest BCUT2D eigenvalue weighted by atomic mass is 9.86. The topological polar surface area (TPSA) is 104 Å². The SMILES string of the molecule is Cc1ccc(OC(=O)C(C)C)c([C@H](CCN(C(C)C)C(C)C)c2ccccc2)c1.O=C(O)/C=C/C(=O)O. The van der Waals surface area contributed by atoms with Gasteiger partial charge in [-0.05, 0) is 59.2 Å². The summed E-state index contributed by atoms with van der Waals surface area (Å²) in [7, 11) is 0. The fourth-order valence-electron chi connectivity index (χ4n) is 3.98. The average molecular weight is 512 g/mol. The van der Waals surface area contributed by atoms with Gasteiger partial charge in [0.2, 0.25) is 0 Å². The zero-order chi connectivity index (χ0) is 28.1. The van der Waals surface area contributed by atoms with E-state index in [4.69, 9.17) is 14.9 Å². The minimum atomic E-state index is -1.26. The van der Waals surface area contributed by atoms with Crippen molar-refractivity contribution in [2.24, 2.45) is 5.92 Å². The van der Waals surface area contributed by atoms with Gasteiger partial charge in [0.25, 0.3) is 0 Å². The lowest BCUT2D eigenvalue weighted by Crippen LogP contribution is -2.38. The average Bonchev–Trinajstić information content (AvgIpc) is 2.82. The summed E-state index contributed by atoms with van der Waals surface area (Å²) in [5, 5.41) is 15.6. The van der Waals surface area contributed by atoms with Crippen molar-refractivity contribution in [3.05, 3.63) is 77.4 Å². The van der Waals surface area contributed by atoms with Crippen molar-refractivity contribution < 1.29 is 29.3 Å². The second-order valence-electron chi connectivity index (χ2n) is 9.80. The molecule has 0 unspecified atom stereocenters. The Labute approximate surface area is 220 Å². The predicted molar refractivity (Wildman–Crippen MR) is 146 cm³/mol. The third-order valence-electron chi connectivity index (χ3n) is 5.80. The Kier molecular flexibility index (Phi) is 13.3. The monoisotopic (exact) mass is 511 g/mol. The van der Waals surface area contributed by atoms with Gasteiger partial charge < -0.3 is 14.9 Å². The number of hydrogen-bond donors (Lipinski definition) is 2. The van der Waals surface area contributed by atoms with Gasteiger partial charge in [-0.1, -0.05) is 61.9 Å². The highest BCUT2D eigenvalue weighted by Crippen LogP contribution is 2.36. The van der Waals surface area contributed by atoms with Crippen LogP contribution in [0.1, 0.15) is 70.6 Å². The Hall–Kier alpha value is -3.45. The minimum absolute atomic E-state index is 0.156. The molecule has 0 bridgehead atoms. The molecular formula is C30H41NO6. The Morgan fingerprint density at radius 1 is 0.865 bits per heavy atom. The van der Waals surface area contributed by atoms with Crippen LogP contribution in [0.15, 0.2) is 60.7 Å². The zero-order valence-corrected chi connectivity index (χ0v) is 23.0. The van der Waals surface area contributed by atoms with Gasteiger partial charge in [-0.2, -0.15) is 0 Å². The van der Waals surface area contributed by atoms with Crippen molar-refractivity contribution in [2.45, 2.75) is 72.9 Å². The lowest BCUT2D eigenvalue weighted by molar-refractivity contribution is -0.138. The van der Waals surface area contributed by atoms with Crippen LogP contribution in [0.25, 0.3) is 0 Å². The molecule has 2 N–H and O–H groups in total. The van der Waals surface area contributed by atoms with E-state index in [1.807, 2.05) is 32.0 Å². The number of ether oxygens (including phenoxy) is 1. The normalized spacial score (nSPS) is 12.1. The van der Waals surface area contributed by atoms with Gasteiger partial charge in [-0.3, -0.25) is 9.69 Å². The molecular weight excluding hydrogens is 470 g/mol. The van der Waals surface area contributed by atoms with Gasteiger partial charge in [0, 0.05) is 35.7 Å². The molecule has 0 aromatic heterocycles. The molecule has 0 fully saturated rings. The predicted octanol–water partition coefficient (Wildman–Crippen LogP) is 5.91. The standard InChI is InChI=1S/C26H37NO2.C4H4O4/c1-18(2)26(28)29-25-14-13-21(7)17-24(25)23(22-11-9-8-10-12-22)15-16-27(19(3)4)20(5)6;5-3(6)1-2-4(7)8/h8-14,17-20,23H,15-16H2,1-7H3;1-2H,(H,5,6)(H,7,8)/b;2-1+/t23-;/m1./s1. The van der Waals surface area contributed by atoms with Crippen LogP contribution in [-0.2, 0) is 14.4 Å². The number of benzene rings is 2. The van der Waals surface area contributed by atoms with Crippen LogP contribution in [-0.4, -0.2) is 51.6 Å². The molecule has 0 spiro atoms. The Morgan fingerprint density at radius 2 is 1.41 bits per heavy atom. The van der Waals surface area contributed by atoms with Crippen LogP contribution in [0.4, 0.5) is 0 Å². The molecule has 2 aromatic rings. The molecule has 2 rings (SSSR count). The highest BCUT2D eigenvalue weighted by Gasteiger charge is 2.23. The first kappa shape index (κ1) is 31.6. The number of rotatable bonds is 11. The van der Waals surface area contributed by atoms with Crippen molar-refractivity contribution >= 4 is 17.9 Å². The van der Waals surface area contributed by atoms with E-state index in [2.05, 4.69) is 69.9 Å². The molecule has 0 radical (unpaired) electrons. The molecule has 0 aliphatic rings. The molecule has 2 aromatic carbocycles. The van der Waals surface area contributed by atoms with Crippen molar-refractivity contribution in [1.82, 2.24) is 4.90 Å². The van der Waals surface area contributed by atoms with Crippen molar-refractivity contribution in [3.8, 4) is 5.75 Å². The molecule has 0 amide bonds. The first-order chi connectivity index (χ1) is 17.3. The fourth-order valence-corrected chi connectivity index (χ4v) is 3.98. The maximum absolute atomic E-state index is 12.3. The van der Waals surface area contributed by atoms with E-state index in [9.17, 15) is 14.4 Å². The molecule has 37 heavy (non-hydrogen) atoms. The van der Waals surface area contributed by atoms with E-state index in [0.717, 1.165) is 18.5 Å². The second-order valence-corrected chi connectivity index (χ2v) is 9.80. The summed E-state index contributed by atoms with van der Waals surface area (Å²) in [5.41, 5.74) is 3.53. The molecule has 0 aliphatic carbocycles. The quantitative estimate of drug-likeness (QED) is 0.220. The maximum atomic E-state index is 12.3. The third kappa shape index (κ3) is 11.4. The Balaban J connectivity index is 0.000000738. The fraction of sp³-hybridized carbons (Fsp3) is 0.433. The summed E-state index contributed by atoms with van der Waals surface area (Å²) in [5.74, 6) is -2.00. The van der Waals surface area contributed by atoms with Gasteiger partial charge in [-0.15, -0.1) is 0 Å². The second kappa shape index (κ2) is 15.6. The maximum Gasteiger partial charge on any atom is 0.328 e. The number of carboxylic acid groups (broad SMARTS) is 2. The first-order valence-corrected chi connectivity index (χ1v) is 12.6. The van der Waals surface area contributed by atoms with Gasteiger partial charge in [-0.25, -0.2) is 9.59 Å². The molecule has 0 saturated heterocycles. The lowest BCUT2D eigenvalue weighted by Gasteiger charge is -2.32. The van der Waals surface area contributed by atoms with Crippen LogP contribution in [0.2, 0.25) is 0 Å². The van der Waals surface area contributed by atoms with E-state index in [-0.39, 0.29) is 17.8 Å². The van der Waals surface area contributed by atoms with Crippen LogP contribution >= 0.6 is 0 Å². The first-order valence-electron chi connectivity index (χ1n) is 12.6. The van der Waals surface area contributed by atoms with Crippen LogP contribution in [0.5, 0.6) is 5.75 Å². The van der Waals surface area contributed by atoms with E-state index < -0.39 is 11.9 Å². The number of esters is 1. The smallest absolute Gasteiger partial charge is 0.328 e. The summed E-state index contributed by atoms with van der Waals surface area (Å²) in [6.07, 6.45) is 2.08. The zero-order valence-electron chi connectivity index (χ0n) is 23.0. The Morgan fingerprint density at radius 3 is 1.86 bits per heavy atom. The van der Waals surface area contributed by atoms with E-state index in [0.29, 0.717) is 30.0 Å². The van der Waals surface area contributed by atoms with Gasteiger partial charge in [0.05, 0.1) is 5.92 Å². The molecule has 7 nitrogen and oxygen atoms in total. The summed E-state index contributed by atoms with van der Waals surface area (Å²) in [6.45, 7) is 15.8. The summed E-state index contributed by atoms with van der Waals surface area (Å²) in [6, 6.07) is 17.7. The van der Waals surface area contributed by atoms with Gasteiger partial charge >= 0.3 is 17.9 Å². The highest BCUT2D eigenvalue weighted by atomic mass is 16.5. The van der Waals surface area contributed by atoms with Crippen molar-refractivity contribution in [3.63, 3.8) is 0 Å². The molecule has 0 aliphatic heterocycles. The summed E-state index contributed by atoms with van der Waals surface area (Å²) < 4.78 is 5.81. The minimum Gasteiger partial charge on any atom is -0.478 e. The number of hydrogen-bond acceptors (Lipinski definition) is 5. The Bertz CT molecular complexity index is 1020. The number of aryl methyl sites for hydroxylation is 1. The largest absolute Gasteiger partial charge is 0.478 e. The van der Waals surface area contributed by atoms with Gasteiger partial charge in [0.15, 0.2) is 0 Å². The third-order valence-corrected chi connectivity index (χ3v) is 5.80. The molecule has 0 saturated carbocycles. The molecule has 7 heteroatoms. The van der Waals surface area contributed by atoms with Gasteiger partial charge in [0.1, 0.15) is 5.75 Å². The molecule has 1 atom stereocenters. The number of nitrogens with zero attached hydrogens (tertiary/aromatic N) is 1. The number of carbonyl (C=O) groups excluding carboxylic acids is 1. The van der Waals surface area contributed by atoms with E-state index >= 15 is 0 Å². The number of aliphatic carboxylic acids is 2. The molecule has 0 heterocycles. The van der Waals surface area contributed by atoms with Crippen molar-refractivity contribution in [2.75, 3.05) is 6.54 Å². The van der Waals surface area contributed by atoms with E-state index in [1.165, 1.54) is 11.1 Å². The van der Waals surface area contributed by atoms with Crippen molar-refractivity contribution in [1.29, 1.82) is 0 Å². The van der Waals surface area contributed by atoms with E-state index in [1.54, 1.807) is 0 Å². The van der Waals surface area contributed by atoms with Crippen LogP contribution in [0, 0.1) is 12.8 Å². The molecule has 202 valence electrons. The number of carbonyl (C=O) groups is 3. The van der Waals surface area contributed by atoms with Crippen LogP contribution < -0.4 is 4.74 Å².